The first kappa shape index (κ1) is 115. The van der Waals surface area contributed by atoms with Crippen molar-refractivity contribution in [3.63, 3.8) is 0 Å². The molecule has 4 aliphatic heterocycles. The molecule has 4 unspecified atom stereocenters. The number of rotatable bonds is 46. The second kappa shape index (κ2) is 57.5. The molecule has 0 saturated carbocycles. The molecule has 4 N–H and O–H groups in total. The number of aromatic hydroxyl groups is 4. The van der Waals surface area contributed by atoms with Crippen molar-refractivity contribution in [1.82, 2.24) is 0 Å². The SMILES string of the molecule is CC(C)=CCC/C(C)=C/CC/C(C)=C/CCC1(C)CCc2c(C)c(O)c(C)c(C)c2O1.CC(C)=CCC/C(C)=C/CC/C(C)=C/CCC1(C)CCc2c(C)c(O)cc(C)c2O1.CCCc1c(O)c(CCC)c2c(c1CCC)OC(C)(CC/C=C(\C)CC/C=C(\C)CCC=C(C)C)CC2.CCc1c(O)c(CC)c2c(c1CC)OC(C)(CC/C=C(\C)CC/C=C(\C)CCCC(C)C)CC2. The van der Waals surface area contributed by atoms with E-state index in [-0.39, 0.29) is 22.4 Å². The fraction of sp³-hybridized carbons (Fsp3) is 0.629. The van der Waals surface area contributed by atoms with Gasteiger partial charge in [-0.2, -0.15) is 0 Å². The molecule has 8 rings (SSSR count). The van der Waals surface area contributed by atoms with Crippen LogP contribution >= 0.6 is 0 Å². The Labute approximate surface area is 810 Å². The van der Waals surface area contributed by atoms with Crippen molar-refractivity contribution in [2.75, 3.05) is 0 Å². The van der Waals surface area contributed by atoms with E-state index in [4.69, 9.17) is 18.9 Å². The number of fused-ring (bicyclic) bond motifs is 4. The summed E-state index contributed by atoms with van der Waals surface area (Å²) in [5, 5.41) is 42.6. The summed E-state index contributed by atoms with van der Waals surface area (Å²) in [6, 6.07) is 1.83. The van der Waals surface area contributed by atoms with Gasteiger partial charge in [0.15, 0.2) is 0 Å². The monoisotopic (exact) mass is 1810 g/mol. The van der Waals surface area contributed by atoms with E-state index >= 15 is 0 Å². The van der Waals surface area contributed by atoms with Crippen LogP contribution in [0.4, 0.5) is 0 Å². The summed E-state index contributed by atoms with van der Waals surface area (Å²) in [5.74, 6) is 6.93. The Balaban J connectivity index is 0.000000312. The van der Waals surface area contributed by atoms with Gasteiger partial charge in [-0.3, -0.25) is 0 Å². The average molecular weight is 1810 g/mol. The van der Waals surface area contributed by atoms with Gasteiger partial charge >= 0.3 is 0 Å². The first-order valence-corrected chi connectivity index (χ1v) is 52.8. The number of hydrogen-bond acceptors (Lipinski definition) is 8. The predicted octanol–water partition coefficient (Wildman–Crippen LogP) is 36.9. The molecule has 0 aliphatic carbocycles. The van der Waals surface area contributed by atoms with Crippen LogP contribution in [-0.2, 0) is 64.2 Å². The molecule has 8 heteroatoms. The number of phenols is 4. The topological polar surface area (TPSA) is 118 Å². The van der Waals surface area contributed by atoms with Gasteiger partial charge in [-0.25, -0.2) is 0 Å². The third kappa shape index (κ3) is 37.5. The summed E-state index contributed by atoms with van der Waals surface area (Å²) in [4.78, 5) is 0. The van der Waals surface area contributed by atoms with Gasteiger partial charge in [0.1, 0.15) is 68.4 Å². The standard InChI is InChI=1S/C35H56O2.C32H52O2.C29H44O2.C28H42O2/c1-9-15-29-31(17-11-3)34-32(30(16-10-2)33(29)36)23-25-35(8,37-34)24-14-22-28(7)21-13-20-27(6)19-12-18-26(4)5;1-9-26-28(11-3)31-29(27(10-2)30(26)33)20-22-32(8,34-31)21-14-19-25(7)18-13-17-24(6)16-12-15-23(4)5;1-20(2)12-9-13-21(3)14-10-15-22(4)16-11-18-29(8)19-17-26-25(7)27(30)23(5)24(6)28(26)31-29;1-20(2)11-8-12-21(3)13-9-14-22(4)15-10-17-28(7)18-16-25-24(6)26(29)19-23(5)27(25)30-28/h18,20,22,36H,9-17,19,21,23-25H2,1-8H3;17,19,23,33H,9-16,18,20-22H2,1-8H3;12,14,16,30H,9-11,13,15,17-19H2,1-8H3;11,13,15,19,29H,8-10,12,14,16-18H2,1-7H3/b27-20+,28-22+;24-17+,25-19+;21-14+,22-16+;21-13+,22-15+. The minimum absolute atomic E-state index is 0.126. The molecule has 738 valence electrons. The quantitative estimate of drug-likeness (QED) is 0.0323. The molecule has 4 heterocycles. The Bertz CT molecular complexity index is 4650. The van der Waals surface area contributed by atoms with Crippen molar-refractivity contribution in [3.05, 3.63) is 218 Å². The van der Waals surface area contributed by atoms with E-state index in [1.165, 1.54) is 128 Å². The number of aryl methyl sites for hydroxylation is 1. The lowest BCUT2D eigenvalue weighted by atomic mass is 9.82. The zero-order valence-corrected chi connectivity index (χ0v) is 90.6. The van der Waals surface area contributed by atoms with Crippen molar-refractivity contribution in [1.29, 1.82) is 0 Å². The maximum atomic E-state index is 11.2. The maximum absolute atomic E-state index is 11.2. The van der Waals surface area contributed by atoms with Crippen LogP contribution in [0.25, 0.3) is 0 Å². The molecule has 0 spiro atoms. The Morgan fingerprint density at radius 2 is 0.606 bits per heavy atom. The molecular formula is C124H194O8. The summed E-state index contributed by atoms with van der Waals surface area (Å²) in [5.41, 5.74) is 32.6. The summed E-state index contributed by atoms with van der Waals surface area (Å²) in [7, 11) is 0. The van der Waals surface area contributed by atoms with Gasteiger partial charge in [-0.15, -0.1) is 0 Å². The zero-order chi connectivity index (χ0) is 98.2. The largest absolute Gasteiger partial charge is 0.508 e. The van der Waals surface area contributed by atoms with Crippen molar-refractivity contribution in [2.45, 2.75) is 507 Å². The fourth-order valence-electron chi connectivity index (χ4n) is 19.8. The van der Waals surface area contributed by atoms with E-state index in [2.05, 4.69) is 254 Å². The molecule has 4 atom stereocenters. The highest BCUT2D eigenvalue weighted by molar-refractivity contribution is 5.62. The zero-order valence-electron chi connectivity index (χ0n) is 90.6. The van der Waals surface area contributed by atoms with E-state index < -0.39 is 0 Å². The van der Waals surface area contributed by atoms with Gasteiger partial charge in [0, 0.05) is 55.6 Å². The van der Waals surface area contributed by atoms with Crippen molar-refractivity contribution < 1.29 is 39.4 Å². The lowest BCUT2D eigenvalue weighted by Gasteiger charge is -2.39. The highest BCUT2D eigenvalue weighted by atomic mass is 16.5. The first-order valence-electron chi connectivity index (χ1n) is 52.8. The van der Waals surface area contributed by atoms with Crippen LogP contribution in [0.2, 0.25) is 0 Å². The Morgan fingerprint density at radius 1 is 0.311 bits per heavy atom. The molecule has 4 aliphatic rings. The van der Waals surface area contributed by atoms with E-state index in [0.717, 1.165) is 310 Å². The van der Waals surface area contributed by atoms with Crippen LogP contribution in [0.1, 0.15) is 469 Å². The maximum Gasteiger partial charge on any atom is 0.127 e. The predicted molar refractivity (Wildman–Crippen MR) is 574 cm³/mol. The highest BCUT2D eigenvalue weighted by Gasteiger charge is 2.39. The summed E-state index contributed by atoms with van der Waals surface area (Å²) < 4.78 is 26.7. The second-order valence-electron chi connectivity index (χ2n) is 42.8. The van der Waals surface area contributed by atoms with Crippen LogP contribution in [0.15, 0.2) is 134 Å². The van der Waals surface area contributed by atoms with Crippen molar-refractivity contribution >= 4 is 0 Å². The van der Waals surface area contributed by atoms with Crippen LogP contribution in [0, 0.1) is 40.5 Å². The number of phenolic OH excluding ortho intramolecular Hbond substituents is 4. The third-order valence-electron chi connectivity index (χ3n) is 28.8. The van der Waals surface area contributed by atoms with Gasteiger partial charge in [0.05, 0.1) is 0 Å². The molecular weight excluding hydrogens is 1620 g/mol. The lowest BCUT2D eigenvalue weighted by Crippen LogP contribution is -2.37. The normalized spacial score (nSPS) is 18.8. The van der Waals surface area contributed by atoms with Gasteiger partial charge in [0.2, 0.25) is 0 Å². The minimum Gasteiger partial charge on any atom is -0.508 e. The first-order chi connectivity index (χ1) is 62.4. The molecule has 4 aromatic carbocycles. The molecule has 0 radical (unpaired) electrons. The Hall–Kier alpha value is -7.58. The van der Waals surface area contributed by atoms with E-state index in [1.807, 2.05) is 33.8 Å². The van der Waals surface area contributed by atoms with E-state index in [1.54, 1.807) is 5.57 Å². The Kier molecular flexibility index (Phi) is 50.0. The molecule has 132 heavy (non-hydrogen) atoms. The smallest absolute Gasteiger partial charge is 0.127 e. The lowest BCUT2D eigenvalue weighted by molar-refractivity contribution is 0.0550. The van der Waals surface area contributed by atoms with Gasteiger partial charge in [-0.1, -0.05) is 209 Å². The van der Waals surface area contributed by atoms with Crippen molar-refractivity contribution in [2.24, 2.45) is 5.92 Å². The van der Waals surface area contributed by atoms with Gasteiger partial charge < -0.3 is 39.4 Å². The summed E-state index contributed by atoms with van der Waals surface area (Å²) >= 11 is 0. The van der Waals surface area contributed by atoms with Crippen LogP contribution in [-0.4, -0.2) is 42.8 Å². The molecule has 8 nitrogen and oxygen atoms in total. The number of benzene rings is 4. The molecule has 0 fully saturated rings. The van der Waals surface area contributed by atoms with E-state index in [0.29, 0.717) is 23.0 Å². The van der Waals surface area contributed by atoms with Crippen molar-refractivity contribution in [3.8, 4) is 46.0 Å². The minimum atomic E-state index is -0.141. The number of allylic oxidation sites excluding steroid dienone is 22. The molecule has 0 aromatic heterocycles. The molecule has 0 amide bonds. The Morgan fingerprint density at radius 3 is 0.962 bits per heavy atom. The average Bonchev–Trinajstić information content (AvgIpc) is 0.751. The van der Waals surface area contributed by atoms with Crippen LogP contribution in [0.5, 0.6) is 46.0 Å². The molecule has 0 saturated heterocycles. The van der Waals surface area contributed by atoms with Gasteiger partial charge in [0.25, 0.3) is 0 Å². The van der Waals surface area contributed by atoms with Crippen LogP contribution in [0.3, 0.4) is 0 Å². The highest BCUT2D eigenvalue weighted by Crippen LogP contribution is 2.51. The van der Waals surface area contributed by atoms with Gasteiger partial charge in [-0.05, 0) is 443 Å². The molecule has 0 bridgehead atoms. The number of hydrogen-bond donors (Lipinski definition) is 4. The second-order valence-corrected chi connectivity index (χ2v) is 42.8. The van der Waals surface area contributed by atoms with E-state index in [9.17, 15) is 20.4 Å². The third-order valence-corrected chi connectivity index (χ3v) is 28.8. The molecule has 4 aromatic rings. The fourth-order valence-corrected chi connectivity index (χ4v) is 19.8. The summed E-state index contributed by atoms with van der Waals surface area (Å²) in [6.07, 6.45) is 71.3. The number of ether oxygens (including phenoxy) is 4. The van der Waals surface area contributed by atoms with Crippen LogP contribution < -0.4 is 18.9 Å². The summed E-state index contributed by atoms with van der Waals surface area (Å²) in [6.45, 7) is 68.0.